The molecular formula is C17H21BrN4O. The van der Waals surface area contributed by atoms with E-state index in [4.69, 9.17) is 0 Å². The highest BCUT2D eigenvalue weighted by molar-refractivity contribution is 9.10. The number of carbonyl (C=O) groups excluding carboxylic acids is 1. The number of rotatable bonds is 6. The number of hydrogen-bond acceptors (Lipinski definition) is 4. The monoisotopic (exact) mass is 376 g/mol. The van der Waals surface area contributed by atoms with E-state index in [9.17, 15) is 4.79 Å². The number of nitrogens with zero attached hydrogens (tertiary/aromatic N) is 3. The number of carbonyl (C=O) groups is 1. The van der Waals surface area contributed by atoms with Gasteiger partial charge in [-0.25, -0.2) is 9.97 Å². The van der Waals surface area contributed by atoms with Gasteiger partial charge in [-0.05, 0) is 31.0 Å². The molecule has 6 heteroatoms. The fraction of sp³-hybridized carbons (Fsp3) is 0.353. The highest BCUT2D eigenvalue weighted by atomic mass is 79.9. The lowest BCUT2D eigenvalue weighted by molar-refractivity contribution is 0.0787. The number of nitrogens with one attached hydrogen (secondary N) is 1. The minimum atomic E-state index is -0.0889. The molecule has 0 aliphatic heterocycles. The number of anilines is 2. The third-order valence-corrected chi connectivity index (χ3v) is 4.38. The first-order valence-electron chi connectivity index (χ1n) is 7.62. The van der Waals surface area contributed by atoms with Gasteiger partial charge in [0.2, 0.25) is 0 Å². The van der Waals surface area contributed by atoms with Crippen LogP contribution in [0.3, 0.4) is 0 Å². The summed E-state index contributed by atoms with van der Waals surface area (Å²) in [4.78, 5) is 22.3. The van der Waals surface area contributed by atoms with Crippen molar-refractivity contribution in [3.05, 3.63) is 46.3 Å². The number of aryl methyl sites for hydroxylation is 1. The highest BCUT2D eigenvalue weighted by Crippen LogP contribution is 2.23. The Morgan fingerprint density at radius 2 is 2.09 bits per heavy atom. The Hall–Kier alpha value is -1.95. The summed E-state index contributed by atoms with van der Waals surface area (Å²) in [5.74, 6) is 0.511. The van der Waals surface area contributed by atoms with Crippen molar-refractivity contribution < 1.29 is 4.79 Å². The normalized spacial score (nSPS) is 10.4. The Bertz CT molecular complexity index is 690. The SMILES string of the molecule is CCCCN(C)C(=O)c1cc(Nc2ccc(C)c(Br)c2)ncn1. The van der Waals surface area contributed by atoms with Gasteiger partial charge in [0.15, 0.2) is 0 Å². The minimum absolute atomic E-state index is 0.0889. The zero-order valence-corrected chi connectivity index (χ0v) is 15.2. The van der Waals surface area contributed by atoms with Crippen molar-refractivity contribution in [1.29, 1.82) is 0 Å². The molecule has 2 rings (SSSR count). The van der Waals surface area contributed by atoms with Gasteiger partial charge in [0, 0.05) is 29.8 Å². The van der Waals surface area contributed by atoms with Gasteiger partial charge in [0.25, 0.3) is 5.91 Å². The predicted molar refractivity (Wildman–Crippen MR) is 96.1 cm³/mol. The molecule has 0 atom stereocenters. The number of unbranched alkanes of at least 4 members (excludes halogenated alkanes) is 1. The zero-order valence-electron chi connectivity index (χ0n) is 13.6. The highest BCUT2D eigenvalue weighted by Gasteiger charge is 2.13. The second-order valence-electron chi connectivity index (χ2n) is 5.46. The lowest BCUT2D eigenvalue weighted by Gasteiger charge is -2.16. The van der Waals surface area contributed by atoms with Crippen molar-refractivity contribution in [2.45, 2.75) is 26.7 Å². The standard InChI is InChI=1S/C17H21BrN4O/c1-4-5-8-22(3)17(23)15-10-16(20-11-19-15)21-13-7-6-12(2)14(18)9-13/h6-7,9-11H,4-5,8H2,1-3H3,(H,19,20,21). The van der Waals surface area contributed by atoms with E-state index in [0.717, 1.165) is 35.1 Å². The first-order chi connectivity index (χ1) is 11.0. The van der Waals surface area contributed by atoms with Crippen LogP contribution in [0.5, 0.6) is 0 Å². The van der Waals surface area contributed by atoms with Crippen molar-refractivity contribution in [1.82, 2.24) is 14.9 Å². The van der Waals surface area contributed by atoms with Crippen molar-refractivity contribution >= 4 is 33.3 Å². The van der Waals surface area contributed by atoms with Crippen LogP contribution in [0, 0.1) is 6.92 Å². The molecule has 1 heterocycles. The Balaban J connectivity index is 2.13. The molecule has 1 aromatic heterocycles. The van der Waals surface area contributed by atoms with Gasteiger partial charge < -0.3 is 10.2 Å². The molecule has 23 heavy (non-hydrogen) atoms. The van der Waals surface area contributed by atoms with Gasteiger partial charge in [-0.3, -0.25) is 4.79 Å². The Morgan fingerprint density at radius 3 is 2.78 bits per heavy atom. The molecule has 5 nitrogen and oxygen atoms in total. The van der Waals surface area contributed by atoms with Crippen molar-refractivity contribution in [2.24, 2.45) is 0 Å². The molecule has 0 spiro atoms. The smallest absolute Gasteiger partial charge is 0.272 e. The van der Waals surface area contributed by atoms with E-state index < -0.39 is 0 Å². The first kappa shape index (κ1) is 17.4. The summed E-state index contributed by atoms with van der Waals surface area (Å²) in [6, 6.07) is 7.64. The zero-order chi connectivity index (χ0) is 16.8. The number of benzene rings is 1. The van der Waals surface area contributed by atoms with E-state index in [0.29, 0.717) is 11.5 Å². The van der Waals surface area contributed by atoms with Gasteiger partial charge in [0.1, 0.15) is 17.8 Å². The summed E-state index contributed by atoms with van der Waals surface area (Å²) in [5.41, 5.74) is 2.46. The molecule has 1 amide bonds. The van der Waals surface area contributed by atoms with E-state index >= 15 is 0 Å². The van der Waals surface area contributed by atoms with Crippen LogP contribution in [-0.2, 0) is 0 Å². The van der Waals surface area contributed by atoms with E-state index in [-0.39, 0.29) is 5.91 Å². The minimum Gasteiger partial charge on any atom is -0.340 e. The second-order valence-corrected chi connectivity index (χ2v) is 6.31. The number of amides is 1. The summed E-state index contributed by atoms with van der Waals surface area (Å²) in [7, 11) is 1.80. The molecule has 2 aromatic rings. The van der Waals surface area contributed by atoms with Crippen LogP contribution in [0.1, 0.15) is 35.8 Å². The van der Waals surface area contributed by atoms with Crippen LogP contribution in [-0.4, -0.2) is 34.4 Å². The topological polar surface area (TPSA) is 58.1 Å². The van der Waals surface area contributed by atoms with Gasteiger partial charge in [-0.1, -0.05) is 35.3 Å². The summed E-state index contributed by atoms with van der Waals surface area (Å²) in [6.45, 7) is 4.86. The number of halogens is 1. The largest absolute Gasteiger partial charge is 0.340 e. The average Bonchev–Trinajstić information content (AvgIpc) is 2.55. The molecule has 0 bridgehead atoms. The van der Waals surface area contributed by atoms with E-state index in [1.54, 1.807) is 18.0 Å². The van der Waals surface area contributed by atoms with Crippen LogP contribution in [0.25, 0.3) is 0 Å². The van der Waals surface area contributed by atoms with Gasteiger partial charge in [0.05, 0.1) is 0 Å². The van der Waals surface area contributed by atoms with Crippen LogP contribution in [0.2, 0.25) is 0 Å². The molecular weight excluding hydrogens is 356 g/mol. The fourth-order valence-electron chi connectivity index (χ4n) is 2.05. The summed E-state index contributed by atoms with van der Waals surface area (Å²) in [5, 5.41) is 3.20. The predicted octanol–water partition coefficient (Wildman–Crippen LogP) is 4.16. The molecule has 1 N–H and O–H groups in total. The first-order valence-corrected chi connectivity index (χ1v) is 8.41. The third-order valence-electron chi connectivity index (χ3n) is 3.52. The maximum absolute atomic E-state index is 12.4. The van der Waals surface area contributed by atoms with Gasteiger partial charge in [-0.15, -0.1) is 0 Å². The Labute approximate surface area is 145 Å². The lowest BCUT2D eigenvalue weighted by Crippen LogP contribution is -2.28. The third kappa shape index (κ3) is 4.76. The molecule has 1 aromatic carbocycles. The maximum atomic E-state index is 12.4. The molecule has 122 valence electrons. The number of hydrogen-bond donors (Lipinski definition) is 1. The molecule has 0 radical (unpaired) electrons. The van der Waals surface area contributed by atoms with Crippen LogP contribution >= 0.6 is 15.9 Å². The summed E-state index contributed by atoms with van der Waals surface area (Å²) in [6.07, 6.45) is 3.44. The Kier molecular flexibility index (Phi) is 6.10. The van der Waals surface area contributed by atoms with E-state index in [1.807, 2.05) is 25.1 Å². The quantitative estimate of drug-likeness (QED) is 0.821. The molecule has 0 aliphatic carbocycles. The lowest BCUT2D eigenvalue weighted by atomic mass is 10.2. The van der Waals surface area contributed by atoms with E-state index in [2.05, 4.69) is 38.1 Å². The molecule has 0 fully saturated rings. The molecule has 0 aliphatic rings. The van der Waals surface area contributed by atoms with Gasteiger partial charge >= 0.3 is 0 Å². The average molecular weight is 377 g/mol. The van der Waals surface area contributed by atoms with Crippen LogP contribution < -0.4 is 5.32 Å². The van der Waals surface area contributed by atoms with Gasteiger partial charge in [-0.2, -0.15) is 0 Å². The van der Waals surface area contributed by atoms with Crippen molar-refractivity contribution in [3.8, 4) is 0 Å². The van der Waals surface area contributed by atoms with Crippen LogP contribution in [0.4, 0.5) is 11.5 Å². The van der Waals surface area contributed by atoms with E-state index in [1.165, 1.54) is 6.33 Å². The van der Waals surface area contributed by atoms with Crippen molar-refractivity contribution in [2.75, 3.05) is 18.9 Å². The second kappa shape index (κ2) is 8.06. The summed E-state index contributed by atoms with van der Waals surface area (Å²) >= 11 is 3.51. The fourth-order valence-corrected chi connectivity index (χ4v) is 2.43. The summed E-state index contributed by atoms with van der Waals surface area (Å²) < 4.78 is 1.02. The molecule has 0 saturated carbocycles. The maximum Gasteiger partial charge on any atom is 0.272 e. The molecule has 0 unspecified atom stereocenters. The Morgan fingerprint density at radius 1 is 1.30 bits per heavy atom. The van der Waals surface area contributed by atoms with Crippen LogP contribution in [0.15, 0.2) is 35.1 Å². The van der Waals surface area contributed by atoms with Crippen molar-refractivity contribution in [3.63, 3.8) is 0 Å². The number of aromatic nitrogens is 2. The molecule has 0 saturated heterocycles.